The second-order valence-corrected chi connectivity index (χ2v) is 6.06. The zero-order valence-electron chi connectivity index (χ0n) is 12.7. The van der Waals surface area contributed by atoms with Crippen molar-refractivity contribution in [2.45, 2.75) is 45.1 Å². The smallest absolute Gasteiger partial charge is 0.126 e. The molecule has 0 aliphatic heterocycles. The van der Waals surface area contributed by atoms with E-state index in [2.05, 4.69) is 32.2 Å². The van der Waals surface area contributed by atoms with E-state index >= 15 is 0 Å². The minimum absolute atomic E-state index is 0.0459. The third-order valence-electron chi connectivity index (χ3n) is 3.82. The van der Waals surface area contributed by atoms with Crippen LogP contribution in [0.3, 0.4) is 0 Å². The number of ether oxygens (including phenoxy) is 2. The van der Waals surface area contributed by atoms with Gasteiger partial charge in [0.25, 0.3) is 0 Å². The second-order valence-electron chi connectivity index (χ2n) is 6.06. The summed E-state index contributed by atoms with van der Waals surface area (Å²) >= 11 is 0. The maximum atomic E-state index is 5.57. The van der Waals surface area contributed by atoms with Crippen LogP contribution in [0.2, 0.25) is 0 Å². The third kappa shape index (κ3) is 3.21. The highest BCUT2D eigenvalue weighted by molar-refractivity contribution is 5.50. The van der Waals surface area contributed by atoms with Gasteiger partial charge in [-0.2, -0.15) is 0 Å². The molecule has 1 aliphatic rings. The Labute approximate surface area is 116 Å². The molecule has 106 valence electrons. The SMILES string of the molecule is COc1cc(C)c(C(C)(C)CNC2CC2)c(OC)c1. The number of benzene rings is 1. The van der Waals surface area contributed by atoms with Gasteiger partial charge in [0, 0.05) is 29.6 Å². The Morgan fingerprint density at radius 3 is 2.42 bits per heavy atom. The highest BCUT2D eigenvalue weighted by Crippen LogP contribution is 2.37. The monoisotopic (exact) mass is 263 g/mol. The van der Waals surface area contributed by atoms with Gasteiger partial charge in [0.1, 0.15) is 11.5 Å². The first-order valence-corrected chi connectivity index (χ1v) is 6.94. The number of rotatable bonds is 6. The van der Waals surface area contributed by atoms with Crippen LogP contribution < -0.4 is 14.8 Å². The number of aryl methyl sites for hydroxylation is 1. The predicted octanol–water partition coefficient (Wildman–Crippen LogP) is 3.04. The lowest BCUT2D eigenvalue weighted by Gasteiger charge is -2.29. The average Bonchev–Trinajstić information content (AvgIpc) is 3.19. The minimum atomic E-state index is 0.0459. The molecule has 1 aromatic carbocycles. The number of methoxy groups -OCH3 is 2. The van der Waals surface area contributed by atoms with Crippen LogP contribution in [0.15, 0.2) is 12.1 Å². The van der Waals surface area contributed by atoms with Crippen LogP contribution >= 0.6 is 0 Å². The molecule has 0 unspecified atom stereocenters. The molecule has 0 radical (unpaired) electrons. The van der Waals surface area contributed by atoms with E-state index in [4.69, 9.17) is 9.47 Å². The minimum Gasteiger partial charge on any atom is -0.497 e. The lowest BCUT2D eigenvalue weighted by Crippen LogP contribution is -2.35. The molecule has 0 saturated heterocycles. The Morgan fingerprint density at radius 1 is 1.21 bits per heavy atom. The second kappa shape index (κ2) is 5.41. The fraction of sp³-hybridized carbons (Fsp3) is 0.625. The normalized spacial score (nSPS) is 15.4. The van der Waals surface area contributed by atoms with E-state index in [0.717, 1.165) is 24.1 Å². The van der Waals surface area contributed by atoms with Crippen molar-refractivity contribution in [1.82, 2.24) is 5.32 Å². The van der Waals surface area contributed by atoms with Crippen molar-refractivity contribution in [2.24, 2.45) is 0 Å². The summed E-state index contributed by atoms with van der Waals surface area (Å²) in [7, 11) is 3.41. The molecular weight excluding hydrogens is 238 g/mol. The Balaban J connectivity index is 2.29. The zero-order valence-corrected chi connectivity index (χ0v) is 12.7. The highest BCUT2D eigenvalue weighted by Gasteiger charge is 2.30. The molecule has 1 N–H and O–H groups in total. The molecule has 0 amide bonds. The van der Waals surface area contributed by atoms with Crippen molar-refractivity contribution in [1.29, 1.82) is 0 Å². The van der Waals surface area contributed by atoms with Crippen molar-refractivity contribution in [3.63, 3.8) is 0 Å². The molecule has 1 aromatic rings. The summed E-state index contributed by atoms with van der Waals surface area (Å²) in [5.74, 6) is 1.77. The summed E-state index contributed by atoms with van der Waals surface area (Å²) in [6, 6.07) is 4.78. The van der Waals surface area contributed by atoms with Crippen molar-refractivity contribution in [3.05, 3.63) is 23.3 Å². The summed E-state index contributed by atoms with van der Waals surface area (Å²) in [5, 5.41) is 3.62. The molecule has 1 aliphatic carbocycles. The zero-order chi connectivity index (χ0) is 14.0. The lowest BCUT2D eigenvalue weighted by atomic mass is 9.81. The Bertz CT molecular complexity index is 450. The average molecular weight is 263 g/mol. The van der Waals surface area contributed by atoms with Crippen LogP contribution in [0.4, 0.5) is 0 Å². The van der Waals surface area contributed by atoms with Crippen molar-refractivity contribution < 1.29 is 9.47 Å². The van der Waals surface area contributed by atoms with Crippen LogP contribution in [0.5, 0.6) is 11.5 Å². The van der Waals surface area contributed by atoms with Crippen molar-refractivity contribution in [3.8, 4) is 11.5 Å². The van der Waals surface area contributed by atoms with Crippen LogP contribution in [0.1, 0.15) is 37.8 Å². The molecule has 1 fully saturated rings. The lowest BCUT2D eigenvalue weighted by molar-refractivity contribution is 0.373. The van der Waals surface area contributed by atoms with Gasteiger partial charge >= 0.3 is 0 Å². The fourth-order valence-corrected chi connectivity index (χ4v) is 2.64. The van der Waals surface area contributed by atoms with Gasteiger partial charge in [-0.15, -0.1) is 0 Å². The van der Waals surface area contributed by atoms with E-state index in [0.29, 0.717) is 0 Å². The Morgan fingerprint density at radius 2 is 1.89 bits per heavy atom. The van der Waals surface area contributed by atoms with E-state index < -0.39 is 0 Å². The van der Waals surface area contributed by atoms with Crippen molar-refractivity contribution >= 4 is 0 Å². The summed E-state index contributed by atoms with van der Waals surface area (Å²) in [4.78, 5) is 0. The Hall–Kier alpha value is -1.22. The molecular formula is C16H25NO2. The third-order valence-corrected chi connectivity index (χ3v) is 3.82. The largest absolute Gasteiger partial charge is 0.497 e. The molecule has 2 rings (SSSR count). The van der Waals surface area contributed by atoms with E-state index in [1.807, 2.05) is 6.07 Å². The molecule has 3 heteroatoms. The first-order chi connectivity index (χ1) is 8.97. The highest BCUT2D eigenvalue weighted by atomic mass is 16.5. The number of hydrogen-bond donors (Lipinski definition) is 1. The number of hydrogen-bond acceptors (Lipinski definition) is 3. The predicted molar refractivity (Wildman–Crippen MR) is 78.3 cm³/mol. The molecule has 0 atom stereocenters. The van der Waals surface area contributed by atoms with Crippen LogP contribution in [0, 0.1) is 6.92 Å². The van der Waals surface area contributed by atoms with E-state index in [-0.39, 0.29) is 5.41 Å². The fourth-order valence-electron chi connectivity index (χ4n) is 2.64. The summed E-state index contributed by atoms with van der Waals surface area (Å²) in [6.07, 6.45) is 2.63. The van der Waals surface area contributed by atoms with Crippen LogP contribution in [0.25, 0.3) is 0 Å². The maximum absolute atomic E-state index is 5.57. The van der Waals surface area contributed by atoms with Crippen molar-refractivity contribution in [2.75, 3.05) is 20.8 Å². The van der Waals surface area contributed by atoms with E-state index in [1.165, 1.54) is 24.0 Å². The topological polar surface area (TPSA) is 30.5 Å². The van der Waals surface area contributed by atoms with Gasteiger partial charge in [-0.3, -0.25) is 0 Å². The van der Waals surface area contributed by atoms with Crippen LogP contribution in [-0.4, -0.2) is 26.8 Å². The molecule has 1 saturated carbocycles. The summed E-state index contributed by atoms with van der Waals surface area (Å²) in [6.45, 7) is 7.62. The maximum Gasteiger partial charge on any atom is 0.126 e. The first-order valence-electron chi connectivity index (χ1n) is 6.94. The molecule has 19 heavy (non-hydrogen) atoms. The summed E-state index contributed by atoms with van der Waals surface area (Å²) in [5.41, 5.74) is 2.53. The Kier molecular flexibility index (Phi) is 4.04. The van der Waals surface area contributed by atoms with Gasteiger partial charge in [0.15, 0.2) is 0 Å². The molecule has 0 heterocycles. The molecule has 0 spiro atoms. The van der Waals surface area contributed by atoms with Gasteiger partial charge in [-0.1, -0.05) is 13.8 Å². The van der Waals surface area contributed by atoms with Gasteiger partial charge in [0.05, 0.1) is 14.2 Å². The van der Waals surface area contributed by atoms with Gasteiger partial charge in [-0.05, 0) is 31.4 Å². The molecule has 0 aromatic heterocycles. The molecule has 3 nitrogen and oxygen atoms in total. The molecule has 0 bridgehead atoms. The van der Waals surface area contributed by atoms with E-state index in [9.17, 15) is 0 Å². The summed E-state index contributed by atoms with van der Waals surface area (Å²) < 4.78 is 10.9. The van der Waals surface area contributed by atoms with E-state index in [1.54, 1.807) is 14.2 Å². The van der Waals surface area contributed by atoms with Gasteiger partial charge < -0.3 is 14.8 Å². The quantitative estimate of drug-likeness (QED) is 0.855. The van der Waals surface area contributed by atoms with Gasteiger partial charge in [0.2, 0.25) is 0 Å². The first kappa shape index (κ1) is 14.2. The standard InChI is InChI=1S/C16H25NO2/c1-11-8-13(18-4)9-14(19-5)15(11)16(2,3)10-17-12-6-7-12/h8-9,12,17H,6-7,10H2,1-5H3. The van der Waals surface area contributed by atoms with Gasteiger partial charge in [-0.25, -0.2) is 0 Å². The van der Waals surface area contributed by atoms with Crippen LogP contribution in [-0.2, 0) is 5.41 Å². The number of nitrogens with one attached hydrogen (secondary N) is 1.